The maximum Gasteiger partial charge on any atom is 0.0668 e. The van der Waals surface area contributed by atoms with Gasteiger partial charge >= 0.3 is 0 Å². The average Bonchev–Trinajstić information content (AvgIpc) is 2.44. The number of benzene rings is 1. The van der Waals surface area contributed by atoms with Crippen LogP contribution in [0.2, 0.25) is 0 Å². The molecule has 0 saturated carbocycles. The van der Waals surface area contributed by atoms with Crippen molar-refractivity contribution in [3.8, 4) is 11.8 Å². The van der Waals surface area contributed by atoms with Gasteiger partial charge in [0.15, 0.2) is 0 Å². The molecule has 104 valence electrons. The summed E-state index contributed by atoms with van der Waals surface area (Å²) in [5.74, 6) is 6.56. The van der Waals surface area contributed by atoms with Crippen LogP contribution in [-0.4, -0.2) is 6.04 Å². The van der Waals surface area contributed by atoms with Gasteiger partial charge in [0, 0.05) is 5.56 Å². The maximum absolute atomic E-state index is 6.00. The second-order valence-corrected chi connectivity index (χ2v) is 5.01. The SMILES string of the molecule is CCCC(N)C#Cc1c(CC)cc(CC)cc1CC. The highest BCUT2D eigenvalue weighted by molar-refractivity contribution is 5.50. The Morgan fingerprint density at radius 2 is 1.58 bits per heavy atom. The molecule has 1 atom stereocenters. The molecule has 0 amide bonds. The van der Waals surface area contributed by atoms with Crippen molar-refractivity contribution in [1.29, 1.82) is 0 Å². The third-order valence-electron chi connectivity index (χ3n) is 3.51. The molecule has 0 aliphatic heterocycles. The summed E-state index contributed by atoms with van der Waals surface area (Å²) < 4.78 is 0. The quantitative estimate of drug-likeness (QED) is 0.797. The summed E-state index contributed by atoms with van der Waals surface area (Å²) in [6, 6.07) is 4.61. The van der Waals surface area contributed by atoms with Crippen LogP contribution in [0, 0.1) is 11.8 Å². The Labute approximate surface area is 118 Å². The monoisotopic (exact) mass is 257 g/mol. The Morgan fingerprint density at radius 1 is 1.00 bits per heavy atom. The molecule has 19 heavy (non-hydrogen) atoms. The number of rotatable bonds is 5. The topological polar surface area (TPSA) is 26.0 Å². The summed E-state index contributed by atoms with van der Waals surface area (Å²) in [6.45, 7) is 8.75. The van der Waals surface area contributed by atoms with E-state index in [0.29, 0.717) is 0 Å². The molecular weight excluding hydrogens is 230 g/mol. The highest BCUT2D eigenvalue weighted by Crippen LogP contribution is 2.19. The molecule has 0 aliphatic carbocycles. The van der Waals surface area contributed by atoms with Gasteiger partial charge in [0.25, 0.3) is 0 Å². The van der Waals surface area contributed by atoms with Gasteiger partial charge in [-0.15, -0.1) is 0 Å². The van der Waals surface area contributed by atoms with Gasteiger partial charge in [-0.3, -0.25) is 0 Å². The van der Waals surface area contributed by atoms with Gasteiger partial charge in [-0.2, -0.15) is 0 Å². The number of aryl methyl sites for hydroxylation is 3. The van der Waals surface area contributed by atoms with Crippen molar-refractivity contribution in [3.63, 3.8) is 0 Å². The lowest BCUT2D eigenvalue weighted by molar-refractivity contribution is 0.720. The van der Waals surface area contributed by atoms with Crippen LogP contribution in [0.25, 0.3) is 0 Å². The van der Waals surface area contributed by atoms with Crippen LogP contribution in [0.15, 0.2) is 12.1 Å². The maximum atomic E-state index is 6.00. The van der Waals surface area contributed by atoms with Crippen molar-refractivity contribution in [2.45, 2.75) is 65.8 Å². The van der Waals surface area contributed by atoms with Crippen LogP contribution in [0.3, 0.4) is 0 Å². The number of nitrogens with two attached hydrogens (primary N) is 1. The van der Waals surface area contributed by atoms with Gasteiger partial charge in [0.05, 0.1) is 6.04 Å². The zero-order valence-corrected chi connectivity index (χ0v) is 12.8. The van der Waals surface area contributed by atoms with Gasteiger partial charge in [-0.25, -0.2) is 0 Å². The molecule has 1 nitrogen and oxygen atoms in total. The smallest absolute Gasteiger partial charge is 0.0668 e. The lowest BCUT2D eigenvalue weighted by atomic mass is 9.93. The average molecular weight is 257 g/mol. The van der Waals surface area contributed by atoms with E-state index in [2.05, 4.69) is 51.7 Å². The second kappa shape index (κ2) is 8.02. The summed E-state index contributed by atoms with van der Waals surface area (Å²) >= 11 is 0. The molecule has 0 aliphatic rings. The normalized spacial score (nSPS) is 11.8. The molecule has 0 fully saturated rings. The van der Waals surface area contributed by atoms with E-state index < -0.39 is 0 Å². The van der Waals surface area contributed by atoms with Crippen molar-refractivity contribution in [1.82, 2.24) is 0 Å². The fraction of sp³-hybridized carbons (Fsp3) is 0.556. The van der Waals surface area contributed by atoms with E-state index in [4.69, 9.17) is 5.73 Å². The van der Waals surface area contributed by atoms with E-state index >= 15 is 0 Å². The first-order valence-corrected chi connectivity index (χ1v) is 7.57. The fourth-order valence-corrected chi connectivity index (χ4v) is 2.31. The molecule has 0 saturated heterocycles. The van der Waals surface area contributed by atoms with Crippen molar-refractivity contribution >= 4 is 0 Å². The first-order chi connectivity index (χ1) is 9.15. The van der Waals surface area contributed by atoms with Crippen LogP contribution in [0.1, 0.15) is 62.8 Å². The molecule has 0 bridgehead atoms. The lowest BCUT2D eigenvalue weighted by Crippen LogP contribution is -2.16. The Balaban J connectivity index is 3.17. The number of hydrogen-bond donors (Lipinski definition) is 1. The predicted molar refractivity (Wildman–Crippen MR) is 84.3 cm³/mol. The Hall–Kier alpha value is -1.26. The predicted octanol–water partition coefficient (Wildman–Crippen LogP) is 3.85. The van der Waals surface area contributed by atoms with Gasteiger partial charge in [-0.05, 0) is 42.4 Å². The molecule has 1 aromatic rings. The Morgan fingerprint density at radius 3 is 2.00 bits per heavy atom. The van der Waals surface area contributed by atoms with Crippen LogP contribution in [0.5, 0.6) is 0 Å². The van der Waals surface area contributed by atoms with Gasteiger partial charge in [0.1, 0.15) is 0 Å². The van der Waals surface area contributed by atoms with Crippen LogP contribution < -0.4 is 5.73 Å². The van der Waals surface area contributed by atoms with Crippen LogP contribution in [-0.2, 0) is 19.3 Å². The minimum Gasteiger partial charge on any atom is -0.318 e. The summed E-state index contributed by atoms with van der Waals surface area (Å²) in [7, 11) is 0. The highest BCUT2D eigenvalue weighted by atomic mass is 14.6. The van der Waals surface area contributed by atoms with Crippen molar-refractivity contribution < 1.29 is 0 Å². The van der Waals surface area contributed by atoms with Crippen LogP contribution in [0.4, 0.5) is 0 Å². The Kier molecular flexibility index (Phi) is 6.67. The molecule has 0 heterocycles. The van der Waals surface area contributed by atoms with E-state index in [1.54, 1.807) is 0 Å². The summed E-state index contributed by atoms with van der Waals surface area (Å²) in [5.41, 5.74) is 11.4. The van der Waals surface area contributed by atoms with Gasteiger partial charge in [-0.1, -0.05) is 58.1 Å². The van der Waals surface area contributed by atoms with Gasteiger partial charge < -0.3 is 5.73 Å². The van der Waals surface area contributed by atoms with Crippen molar-refractivity contribution in [2.75, 3.05) is 0 Å². The molecule has 2 N–H and O–H groups in total. The molecular formula is C18H27N. The summed E-state index contributed by atoms with van der Waals surface area (Å²) in [5, 5.41) is 0. The van der Waals surface area contributed by atoms with E-state index in [1.807, 2.05) is 0 Å². The van der Waals surface area contributed by atoms with Crippen molar-refractivity contribution in [2.24, 2.45) is 5.73 Å². The minimum absolute atomic E-state index is 0.00487. The van der Waals surface area contributed by atoms with E-state index in [9.17, 15) is 0 Å². The third-order valence-corrected chi connectivity index (χ3v) is 3.51. The van der Waals surface area contributed by atoms with E-state index in [0.717, 1.165) is 32.1 Å². The summed E-state index contributed by atoms with van der Waals surface area (Å²) in [6.07, 6.45) is 5.22. The number of hydrogen-bond acceptors (Lipinski definition) is 1. The summed E-state index contributed by atoms with van der Waals surface area (Å²) in [4.78, 5) is 0. The molecule has 0 radical (unpaired) electrons. The zero-order chi connectivity index (χ0) is 14.3. The molecule has 1 rings (SSSR count). The third kappa shape index (κ3) is 4.40. The molecule has 1 aromatic carbocycles. The molecule has 0 aromatic heterocycles. The van der Waals surface area contributed by atoms with E-state index in [-0.39, 0.29) is 6.04 Å². The van der Waals surface area contributed by atoms with Crippen LogP contribution >= 0.6 is 0 Å². The van der Waals surface area contributed by atoms with E-state index in [1.165, 1.54) is 22.3 Å². The van der Waals surface area contributed by atoms with Crippen molar-refractivity contribution in [3.05, 3.63) is 34.4 Å². The second-order valence-electron chi connectivity index (χ2n) is 5.01. The fourth-order valence-electron chi connectivity index (χ4n) is 2.31. The first-order valence-electron chi connectivity index (χ1n) is 7.57. The largest absolute Gasteiger partial charge is 0.318 e. The first kappa shape index (κ1) is 15.8. The molecule has 0 spiro atoms. The molecule has 1 unspecified atom stereocenters. The molecule has 1 heteroatoms. The standard InChI is InChI=1S/C18H27N/c1-5-9-17(19)10-11-18-15(7-3)12-14(6-2)13-16(18)8-4/h12-13,17H,5-9,19H2,1-4H3. The highest BCUT2D eigenvalue weighted by Gasteiger charge is 2.06. The lowest BCUT2D eigenvalue weighted by Gasteiger charge is -2.11. The minimum atomic E-state index is 0.00487. The Bertz CT molecular complexity index is 437. The van der Waals surface area contributed by atoms with Gasteiger partial charge in [0.2, 0.25) is 0 Å². The zero-order valence-electron chi connectivity index (χ0n) is 12.8.